The van der Waals surface area contributed by atoms with Crippen molar-refractivity contribution in [1.82, 2.24) is 9.55 Å². The topological polar surface area (TPSA) is 102 Å². The molecule has 14 heavy (non-hydrogen) atoms. The van der Waals surface area contributed by atoms with Gasteiger partial charge < -0.3 is 20.1 Å². The van der Waals surface area contributed by atoms with E-state index in [4.69, 9.17) is 10.3 Å². The van der Waals surface area contributed by atoms with Crippen molar-refractivity contribution in [2.75, 3.05) is 11.0 Å². The van der Waals surface area contributed by atoms with Crippen molar-refractivity contribution in [3.63, 3.8) is 0 Å². The van der Waals surface area contributed by atoms with Gasteiger partial charge >= 0.3 is 5.97 Å². The summed E-state index contributed by atoms with van der Waals surface area (Å²) in [6.45, 7) is 0. The molecule has 2 N–H and O–H groups in total. The summed E-state index contributed by atoms with van der Waals surface area (Å²) >= 11 is 0.916. The summed E-state index contributed by atoms with van der Waals surface area (Å²) in [5.74, 6) is -1.39. The molecule has 0 atom stereocenters. The molecule has 0 aliphatic carbocycles. The number of carbonyl (C=O) groups is 1. The quantitative estimate of drug-likeness (QED) is 0.553. The Morgan fingerprint density at radius 1 is 1.86 bits per heavy atom. The molecule has 0 saturated carbocycles. The van der Waals surface area contributed by atoms with Crippen LogP contribution in [0.1, 0.15) is 0 Å². The van der Waals surface area contributed by atoms with Gasteiger partial charge in [-0.3, -0.25) is 10.0 Å². The summed E-state index contributed by atoms with van der Waals surface area (Å²) in [5, 5.41) is 27.5. The number of hydrogen-bond acceptors (Lipinski definition) is 6. The summed E-state index contributed by atoms with van der Waals surface area (Å²) in [4.78, 5) is 13.9. The van der Waals surface area contributed by atoms with Crippen molar-refractivity contribution in [1.29, 1.82) is 0 Å². The minimum absolute atomic E-state index is 0.194. The lowest BCUT2D eigenvalue weighted by Crippen LogP contribution is -2.09. The van der Waals surface area contributed by atoms with Crippen LogP contribution in [0, 0.1) is 5.21 Å². The normalized spacial score (nSPS) is 10.2. The van der Waals surface area contributed by atoms with E-state index in [2.05, 4.69) is 4.98 Å². The number of rotatable bonds is 4. The molecule has 1 aromatic rings. The second kappa shape index (κ2) is 4.31. The Balaban J connectivity index is 2.82. The third-order valence-electron chi connectivity index (χ3n) is 1.38. The first-order valence-corrected chi connectivity index (χ1v) is 4.53. The van der Waals surface area contributed by atoms with E-state index in [1.54, 1.807) is 7.05 Å². The molecule has 0 aliphatic heterocycles. The van der Waals surface area contributed by atoms with Crippen molar-refractivity contribution in [3.8, 4) is 0 Å². The van der Waals surface area contributed by atoms with E-state index in [0.29, 0.717) is 5.03 Å². The number of anilines is 1. The molecule has 1 rings (SSSR count). The van der Waals surface area contributed by atoms with Crippen molar-refractivity contribution in [2.45, 2.75) is 5.03 Å². The largest absolute Gasteiger partial charge is 0.732 e. The minimum atomic E-state index is -1.00. The summed E-state index contributed by atoms with van der Waals surface area (Å²) in [7, 11) is 1.60. The molecule has 0 aromatic carbocycles. The molecule has 0 radical (unpaired) electrons. The van der Waals surface area contributed by atoms with Gasteiger partial charge in [0.15, 0.2) is 5.82 Å². The number of aliphatic carboxylic acids is 1. The Bertz CT molecular complexity index is 338. The molecule has 0 aliphatic rings. The second-order valence-electron chi connectivity index (χ2n) is 2.44. The smallest absolute Gasteiger partial charge is 0.313 e. The highest BCUT2D eigenvalue weighted by Crippen LogP contribution is 2.26. The summed E-state index contributed by atoms with van der Waals surface area (Å²) < 4.78 is 1.46. The molecule has 78 valence electrons. The third-order valence-corrected chi connectivity index (χ3v) is 2.51. The highest BCUT2D eigenvalue weighted by molar-refractivity contribution is 8.00. The number of aromatic nitrogens is 2. The average molecular weight is 218 g/mol. The number of nitrogens with zero attached hydrogens (tertiary/aromatic N) is 3. The molecule has 0 saturated heterocycles. The monoisotopic (exact) mass is 218 g/mol. The van der Waals surface area contributed by atoms with E-state index in [1.807, 2.05) is 0 Å². The van der Waals surface area contributed by atoms with Gasteiger partial charge in [-0.05, 0) is 0 Å². The van der Waals surface area contributed by atoms with Gasteiger partial charge in [-0.1, -0.05) is 11.8 Å². The van der Waals surface area contributed by atoms with E-state index in [9.17, 15) is 10.0 Å². The van der Waals surface area contributed by atoms with E-state index in [1.165, 1.54) is 10.9 Å². The van der Waals surface area contributed by atoms with E-state index >= 15 is 0 Å². The molecule has 8 heteroatoms. The zero-order chi connectivity index (χ0) is 10.7. The first-order valence-electron chi connectivity index (χ1n) is 3.54. The van der Waals surface area contributed by atoms with Gasteiger partial charge in [-0.25, -0.2) is 4.98 Å². The number of hydrogen-bond donors (Lipinski definition) is 2. The maximum atomic E-state index is 10.6. The van der Waals surface area contributed by atoms with Crippen LogP contribution >= 0.6 is 11.8 Å². The first kappa shape index (κ1) is 10.8. The van der Waals surface area contributed by atoms with Crippen molar-refractivity contribution < 1.29 is 15.1 Å². The molecule has 0 spiro atoms. The predicted octanol–water partition coefficient (Wildman–Crippen LogP) is 0.290. The molecule has 1 heterocycles. The van der Waals surface area contributed by atoms with Crippen molar-refractivity contribution in [2.24, 2.45) is 7.05 Å². The van der Waals surface area contributed by atoms with Crippen LogP contribution in [-0.4, -0.2) is 31.6 Å². The molecular weight excluding hydrogens is 210 g/mol. The Hall–Kier alpha value is -1.25. The van der Waals surface area contributed by atoms with Gasteiger partial charge in [0.25, 0.3) is 0 Å². The van der Waals surface area contributed by atoms with Gasteiger partial charge in [-0.15, -0.1) is 0 Å². The number of carboxylic acids is 1. The zero-order valence-corrected chi connectivity index (χ0v) is 8.06. The lowest BCUT2D eigenvalue weighted by Gasteiger charge is -2.19. The van der Waals surface area contributed by atoms with Gasteiger partial charge in [-0.2, -0.15) is 0 Å². The van der Waals surface area contributed by atoms with Gasteiger partial charge in [0.05, 0.1) is 12.1 Å². The minimum Gasteiger partial charge on any atom is -0.732 e. The predicted molar refractivity (Wildman–Crippen MR) is 49.2 cm³/mol. The summed E-state index contributed by atoms with van der Waals surface area (Å²) in [5.41, 5.74) is 0. The van der Waals surface area contributed by atoms with Crippen molar-refractivity contribution >= 4 is 23.5 Å². The zero-order valence-electron chi connectivity index (χ0n) is 7.25. The van der Waals surface area contributed by atoms with Crippen LogP contribution < -0.4 is 5.23 Å². The number of carboxylic acid groups (broad SMARTS) is 1. The van der Waals surface area contributed by atoms with Gasteiger partial charge in [0, 0.05) is 7.05 Å². The highest BCUT2D eigenvalue weighted by atomic mass is 32.2. The number of aryl methyl sites for hydroxylation is 1. The Morgan fingerprint density at radius 2 is 2.50 bits per heavy atom. The fraction of sp³-hybridized carbons (Fsp3) is 0.333. The second-order valence-corrected chi connectivity index (χ2v) is 3.40. The van der Waals surface area contributed by atoms with Crippen LogP contribution in [-0.2, 0) is 11.8 Å². The summed E-state index contributed by atoms with van der Waals surface area (Å²) in [6, 6.07) is 0. The molecule has 0 bridgehead atoms. The van der Waals surface area contributed by atoms with E-state index in [-0.39, 0.29) is 16.8 Å². The van der Waals surface area contributed by atoms with Crippen LogP contribution in [0.3, 0.4) is 0 Å². The lowest BCUT2D eigenvalue weighted by atomic mass is 10.7. The van der Waals surface area contributed by atoms with Gasteiger partial charge in [0.2, 0.25) is 0 Å². The maximum Gasteiger partial charge on any atom is 0.313 e. The highest BCUT2D eigenvalue weighted by Gasteiger charge is 2.11. The van der Waals surface area contributed by atoms with E-state index in [0.717, 1.165) is 11.8 Å². The number of imidazole rings is 1. The average Bonchev–Trinajstić information content (AvgIpc) is 2.43. The van der Waals surface area contributed by atoms with Crippen LogP contribution in [0.25, 0.3) is 0 Å². The molecule has 1 aromatic heterocycles. The Kier molecular flexibility index (Phi) is 3.33. The van der Waals surface area contributed by atoms with Crippen LogP contribution in [0.5, 0.6) is 0 Å². The molecule has 0 fully saturated rings. The molecule has 0 unspecified atom stereocenters. The Morgan fingerprint density at radius 3 is 3.00 bits per heavy atom. The van der Waals surface area contributed by atoms with Crippen LogP contribution in [0.2, 0.25) is 0 Å². The van der Waals surface area contributed by atoms with Crippen LogP contribution in [0.4, 0.5) is 5.82 Å². The van der Waals surface area contributed by atoms with Crippen LogP contribution in [0.15, 0.2) is 11.4 Å². The number of thioether (sulfide) groups is 1. The fourth-order valence-electron chi connectivity index (χ4n) is 0.834. The maximum absolute atomic E-state index is 10.6. The molecule has 7 nitrogen and oxygen atoms in total. The lowest BCUT2D eigenvalue weighted by molar-refractivity contribution is -0.133. The summed E-state index contributed by atoms with van der Waals surface area (Å²) in [6.07, 6.45) is 1.32. The third kappa shape index (κ3) is 2.37. The van der Waals surface area contributed by atoms with Gasteiger partial charge in [0.1, 0.15) is 5.03 Å². The fourth-order valence-corrected chi connectivity index (χ4v) is 1.61. The first-order chi connectivity index (χ1) is 6.52. The Labute approximate surface area is 83.5 Å². The SMILES string of the molecule is Cn1cnc(N([O-])O)c1SCC(=O)O. The molecule has 0 amide bonds. The molecular formula is C6H8N3O4S-. The van der Waals surface area contributed by atoms with E-state index < -0.39 is 5.97 Å². The van der Waals surface area contributed by atoms with Crippen molar-refractivity contribution in [3.05, 3.63) is 11.5 Å². The standard InChI is InChI=1S/C6H8N3O4S/c1-8-3-7-5(9(12)13)6(8)14-2-4(10)11/h3,12H,2H2,1H3,(H,10,11)/q-1.